The normalized spacial score (nSPS) is 19.0. The monoisotopic (exact) mass is 265 g/mol. The van der Waals surface area contributed by atoms with Crippen LogP contribution in [0.15, 0.2) is 15.3 Å². The molecular formula is C12H15N3O2S. The molecule has 0 radical (unpaired) electrons. The number of piperidine rings is 1. The molecule has 3 heterocycles. The lowest BCUT2D eigenvalue weighted by molar-refractivity contribution is -0.0228. The molecule has 1 aliphatic rings. The molecule has 1 fully saturated rings. The van der Waals surface area contributed by atoms with E-state index in [1.165, 1.54) is 0 Å². The standard InChI is InChI=1S/C12H15N3O2S/c1-8-6-18-7-9(8)10-14-11(17-15-10)12(16)2-4-13-5-3-12/h6-7,13,16H,2-5H2,1H3. The average Bonchev–Trinajstić information content (AvgIpc) is 2.98. The van der Waals surface area contributed by atoms with E-state index in [1.807, 2.05) is 17.7 Å². The van der Waals surface area contributed by atoms with E-state index in [9.17, 15) is 5.11 Å². The molecule has 2 aromatic rings. The maximum atomic E-state index is 10.5. The minimum absolute atomic E-state index is 0.338. The summed E-state index contributed by atoms with van der Waals surface area (Å²) in [6, 6.07) is 0. The van der Waals surface area contributed by atoms with E-state index in [1.54, 1.807) is 11.3 Å². The first-order valence-electron chi connectivity index (χ1n) is 5.99. The fourth-order valence-corrected chi connectivity index (χ4v) is 2.99. The number of hydrogen-bond donors (Lipinski definition) is 2. The van der Waals surface area contributed by atoms with Crippen LogP contribution in [0, 0.1) is 6.92 Å². The Morgan fingerprint density at radius 1 is 1.39 bits per heavy atom. The van der Waals surface area contributed by atoms with Crippen molar-refractivity contribution in [2.24, 2.45) is 0 Å². The molecule has 18 heavy (non-hydrogen) atoms. The molecule has 96 valence electrons. The van der Waals surface area contributed by atoms with Crippen LogP contribution in [-0.2, 0) is 5.60 Å². The van der Waals surface area contributed by atoms with Gasteiger partial charge in [0.15, 0.2) is 0 Å². The Labute approximate surface area is 109 Å². The van der Waals surface area contributed by atoms with Gasteiger partial charge in [0.05, 0.1) is 0 Å². The molecule has 0 bridgehead atoms. The van der Waals surface area contributed by atoms with E-state index in [2.05, 4.69) is 15.5 Å². The molecule has 1 saturated heterocycles. The summed E-state index contributed by atoms with van der Waals surface area (Å²) >= 11 is 1.61. The highest BCUT2D eigenvalue weighted by Crippen LogP contribution is 2.31. The summed E-state index contributed by atoms with van der Waals surface area (Å²) in [6.07, 6.45) is 1.22. The summed E-state index contributed by atoms with van der Waals surface area (Å²) in [5.74, 6) is 0.903. The van der Waals surface area contributed by atoms with Gasteiger partial charge in [-0.25, -0.2) is 0 Å². The van der Waals surface area contributed by atoms with E-state index < -0.39 is 5.60 Å². The highest BCUT2D eigenvalue weighted by atomic mass is 32.1. The van der Waals surface area contributed by atoms with Gasteiger partial charge in [-0.1, -0.05) is 5.16 Å². The molecule has 2 aromatic heterocycles. The van der Waals surface area contributed by atoms with E-state index in [0.717, 1.165) is 24.2 Å². The Kier molecular flexibility index (Phi) is 2.93. The number of thiophene rings is 1. The Bertz CT molecular complexity index is 543. The zero-order chi connectivity index (χ0) is 12.6. The van der Waals surface area contributed by atoms with Gasteiger partial charge in [0.1, 0.15) is 5.60 Å². The molecule has 2 N–H and O–H groups in total. The second-order valence-electron chi connectivity index (χ2n) is 4.67. The van der Waals surface area contributed by atoms with Crippen LogP contribution in [0.25, 0.3) is 11.4 Å². The highest BCUT2D eigenvalue weighted by molar-refractivity contribution is 7.08. The van der Waals surface area contributed by atoms with Crippen molar-refractivity contribution in [3.63, 3.8) is 0 Å². The molecule has 3 rings (SSSR count). The molecule has 1 aliphatic heterocycles. The second-order valence-corrected chi connectivity index (χ2v) is 5.42. The fourth-order valence-electron chi connectivity index (χ4n) is 2.17. The van der Waals surface area contributed by atoms with Crippen molar-refractivity contribution >= 4 is 11.3 Å². The first kappa shape index (κ1) is 11.8. The van der Waals surface area contributed by atoms with Gasteiger partial charge < -0.3 is 14.9 Å². The van der Waals surface area contributed by atoms with Gasteiger partial charge in [-0.15, -0.1) is 0 Å². The van der Waals surface area contributed by atoms with Gasteiger partial charge >= 0.3 is 0 Å². The largest absolute Gasteiger partial charge is 0.380 e. The molecule has 0 spiro atoms. The SMILES string of the molecule is Cc1cscc1-c1noc(C2(O)CCNCC2)n1. The average molecular weight is 265 g/mol. The molecule has 0 saturated carbocycles. The lowest BCUT2D eigenvalue weighted by Gasteiger charge is -2.28. The minimum Gasteiger partial charge on any atom is -0.380 e. The first-order chi connectivity index (χ1) is 8.69. The topological polar surface area (TPSA) is 71.2 Å². The third-order valence-electron chi connectivity index (χ3n) is 3.35. The van der Waals surface area contributed by atoms with E-state index in [0.29, 0.717) is 24.6 Å². The van der Waals surface area contributed by atoms with Gasteiger partial charge in [-0.3, -0.25) is 0 Å². The number of aryl methyl sites for hydroxylation is 1. The molecule has 0 amide bonds. The van der Waals surface area contributed by atoms with E-state index >= 15 is 0 Å². The van der Waals surface area contributed by atoms with E-state index in [4.69, 9.17) is 4.52 Å². The van der Waals surface area contributed by atoms with Crippen molar-refractivity contribution in [3.05, 3.63) is 22.2 Å². The Morgan fingerprint density at radius 3 is 2.83 bits per heavy atom. The molecule has 0 aromatic carbocycles. The van der Waals surface area contributed by atoms with Crippen LogP contribution in [0.2, 0.25) is 0 Å². The van der Waals surface area contributed by atoms with Crippen molar-refractivity contribution in [2.75, 3.05) is 13.1 Å². The van der Waals surface area contributed by atoms with Crippen LogP contribution in [-0.4, -0.2) is 28.3 Å². The van der Waals surface area contributed by atoms with Crippen LogP contribution in [0.1, 0.15) is 24.3 Å². The molecule has 0 unspecified atom stereocenters. The number of hydrogen-bond acceptors (Lipinski definition) is 6. The van der Waals surface area contributed by atoms with Gasteiger partial charge in [0, 0.05) is 10.9 Å². The zero-order valence-electron chi connectivity index (χ0n) is 10.1. The predicted molar refractivity (Wildman–Crippen MR) is 68.3 cm³/mol. The number of rotatable bonds is 2. The van der Waals surface area contributed by atoms with Crippen molar-refractivity contribution in [1.82, 2.24) is 15.5 Å². The summed E-state index contributed by atoms with van der Waals surface area (Å²) in [5.41, 5.74) is 1.14. The van der Waals surface area contributed by atoms with Gasteiger partial charge in [0.25, 0.3) is 5.89 Å². The Balaban J connectivity index is 1.92. The van der Waals surface area contributed by atoms with E-state index in [-0.39, 0.29) is 0 Å². The second kappa shape index (κ2) is 4.46. The van der Waals surface area contributed by atoms with Gasteiger partial charge in [-0.2, -0.15) is 16.3 Å². The Hall–Kier alpha value is -1.24. The first-order valence-corrected chi connectivity index (χ1v) is 6.94. The smallest absolute Gasteiger partial charge is 0.259 e. The Morgan fingerprint density at radius 2 is 2.17 bits per heavy atom. The lowest BCUT2D eigenvalue weighted by Crippen LogP contribution is -2.39. The van der Waals surface area contributed by atoms with Gasteiger partial charge in [0.2, 0.25) is 5.82 Å². The summed E-state index contributed by atoms with van der Waals surface area (Å²) in [6.45, 7) is 3.55. The third kappa shape index (κ3) is 1.96. The van der Waals surface area contributed by atoms with Gasteiger partial charge in [-0.05, 0) is 43.8 Å². The molecule has 6 heteroatoms. The van der Waals surface area contributed by atoms with Crippen molar-refractivity contribution in [3.8, 4) is 11.4 Å². The van der Waals surface area contributed by atoms with Crippen molar-refractivity contribution < 1.29 is 9.63 Å². The predicted octanol–water partition coefficient (Wildman–Crippen LogP) is 1.68. The van der Waals surface area contributed by atoms with Crippen LogP contribution >= 0.6 is 11.3 Å². The molecule has 0 aliphatic carbocycles. The summed E-state index contributed by atoms with van der Waals surface area (Å²) < 4.78 is 5.25. The van der Waals surface area contributed by atoms with Crippen LogP contribution in [0.3, 0.4) is 0 Å². The number of nitrogens with zero attached hydrogens (tertiary/aromatic N) is 2. The highest BCUT2D eigenvalue weighted by Gasteiger charge is 2.37. The molecule has 0 atom stereocenters. The fraction of sp³-hybridized carbons (Fsp3) is 0.500. The number of aromatic nitrogens is 2. The molecule has 5 nitrogen and oxygen atoms in total. The lowest BCUT2D eigenvalue weighted by atomic mass is 9.92. The van der Waals surface area contributed by atoms with Crippen LogP contribution in [0.4, 0.5) is 0 Å². The quantitative estimate of drug-likeness (QED) is 0.864. The zero-order valence-corrected chi connectivity index (χ0v) is 11.0. The van der Waals surface area contributed by atoms with Crippen molar-refractivity contribution in [1.29, 1.82) is 0 Å². The maximum Gasteiger partial charge on any atom is 0.259 e. The van der Waals surface area contributed by atoms with Crippen LogP contribution in [0.5, 0.6) is 0 Å². The number of aliphatic hydroxyl groups is 1. The summed E-state index contributed by atoms with van der Waals surface area (Å²) in [7, 11) is 0. The minimum atomic E-state index is -0.972. The number of nitrogens with one attached hydrogen (secondary N) is 1. The molecular weight excluding hydrogens is 250 g/mol. The third-order valence-corrected chi connectivity index (χ3v) is 4.21. The van der Waals surface area contributed by atoms with Crippen LogP contribution < -0.4 is 5.32 Å². The van der Waals surface area contributed by atoms with Crippen molar-refractivity contribution in [2.45, 2.75) is 25.4 Å². The summed E-state index contributed by atoms with van der Waals surface area (Å²) in [4.78, 5) is 4.36. The summed E-state index contributed by atoms with van der Waals surface area (Å²) in [5, 5.41) is 21.7. The maximum absolute atomic E-state index is 10.5.